The standard InChI is InChI=1S/C16H23N3O2/c1-13-4-3-5-15(12-13)17-7-6-16(21)19-10-8-18(9-11-19)14(2)20/h3-5,12,17H,6-11H2,1-2H3. The highest BCUT2D eigenvalue weighted by molar-refractivity contribution is 5.78. The van der Waals surface area contributed by atoms with Gasteiger partial charge in [0.05, 0.1) is 0 Å². The van der Waals surface area contributed by atoms with Gasteiger partial charge in [-0.1, -0.05) is 12.1 Å². The number of rotatable bonds is 4. The number of benzene rings is 1. The van der Waals surface area contributed by atoms with Gasteiger partial charge in [0.25, 0.3) is 0 Å². The first kappa shape index (κ1) is 15.4. The first-order valence-electron chi connectivity index (χ1n) is 7.40. The maximum Gasteiger partial charge on any atom is 0.224 e. The lowest BCUT2D eigenvalue weighted by atomic mass is 10.2. The number of carbonyl (C=O) groups excluding carboxylic acids is 2. The van der Waals surface area contributed by atoms with Crippen LogP contribution in [0.1, 0.15) is 18.9 Å². The van der Waals surface area contributed by atoms with Crippen LogP contribution < -0.4 is 5.32 Å². The highest BCUT2D eigenvalue weighted by atomic mass is 16.2. The second-order valence-corrected chi connectivity index (χ2v) is 5.43. The van der Waals surface area contributed by atoms with E-state index in [0.29, 0.717) is 39.1 Å². The zero-order valence-electron chi connectivity index (χ0n) is 12.8. The number of amides is 2. The van der Waals surface area contributed by atoms with Gasteiger partial charge in [-0.25, -0.2) is 0 Å². The molecule has 5 nitrogen and oxygen atoms in total. The summed E-state index contributed by atoms with van der Waals surface area (Å²) in [6.07, 6.45) is 0.480. The van der Waals surface area contributed by atoms with E-state index in [1.54, 1.807) is 11.8 Å². The van der Waals surface area contributed by atoms with Crippen molar-refractivity contribution >= 4 is 17.5 Å². The molecule has 0 bridgehead atoms. The molecule has 1 aliphatic heterocycles. The minimum absolute atomic E-state index is 0.0863. The Morgan fingerprint density at radius 3 is 2.43 bits per heavy atom. The number of nitrogens with zero attached hydrogens (tertiary/aromatic N) is 2. The fraction of sp³-hybridized carbons (Fsp3) is 0.500. The van der Waals surface area contributed by atoms with E-state index in [4.69, 9.17) is 0 Å². The van der Waals surface area contributed by atoms with E-state index in [2.05, 4.69) is 11.4 Å². The minimum atomic E-state index is 0.0863. The van der Waals surface area contributed by atoms with Crippen molar-refractivity contribution in [1.82, 2.24) is 9.80 Å². The Labute approximate surface area is 125 Å². The summed E-state index contributed by atoms with van der Waals surface area (Å²) < 4.78 is 0. The summed E-state index contributed by atoms with van der Waals surface area (Å²) >= 11 is 0. The zero-order valence-corrected chi connectivity index (χ0v) is 12.8. The van der Waals surface area contributed by atoms with E-state index >= 15 is 0 Å². The number of hydrogen-bond acceptors (Lipinski definition) is 3. The van der Waals surface area contributed by atoms with E-state index in [0.717, 1.165) is 5.69 Å². The van der Waals surface area contributed by atoms with Gasteiger partial charge in [-0.3, -0.25) is 9.59 Å². The zero-order chi connectivity index (χ0) is 15.2. The Kier molecular flexibility index (Phi) is 5.20. The number of aryl methyl sites for hydroxylation is 1. The molecule has 1 saturated heterocycles. The molecule has 1 N–H and O–H groups in total. The van der Waals surface area contributed by atoms with Gasteiger partial charge < -0.3 is 15.1 Å². The fourth-order valence-electron chi connectivity index (χ4n) is 2.50. The molecule has 0 saturated carbocycles. The monoisotopic (exact) mass is 289 g/mol. The van der Waals surface area contributed by atoms with Gasteiger partial charge in [0, 0.05) is 51.8 Å². The maximum atomic E-state index is 12.1. The molecule has 1 heterocycles. The first-order valence-corrected chi connectivity index (χ1v) is 7.40. The number of hydrogen-bond donors (Lipinski definition) is 1. The Morgan fingerprint density at radius 2 is 1.81 bits per heavy atom. The second kappa shape index (κ2) is 7.11. The van der Waals surface area contributed by atoms with Crippen LogP contribution in [-0.2, 0) is 9.59 Å². The second-order valence-electron chi connectivity index (χ2n) is 5.43. The Morgan fingerprint density at radius 1 is 1.14 bits per heavy atom. The van der Waals surface area contributed by atoms with Crippen LogP contribution in [0.3, 0.4) is 0 Å². The largest absolute Gasteiger partial charge is 0.385 e. The Hall–Kier alpha value is -2.04. The lowest BCUT2D eigenvalue weighted by Gasteiger charge is -2.34. The van der Waals surface area contributed by atoms with Crippen LogP contribution in [0.2, 0.25) is 0 Å². The topological polar surface area (TPSA) is 52.7 Å². The van der Waals surface area contributed by atoms with Crippen molar-refractivity contribution < 1.29 is 9.59 Å². The molecule has 0 unspecified atom stereocenters. The predicted molar refractivity (Wildman–Crippen MR) is 83.1 cm³/mol. The fourth-order valence-corrected chi connectivity index (χ4v) is 2.50. The molecule has 2 amide bonds. The number of nitrogens with one attached hydrogen (secondary N) is 1. The average Bonchev–Trinajstić information content (AvgIpc) is 2.47. The summed E-state index contributed by atoms with van der Waals surface area (Å²) in [5.74, 6) is 0.238. The van der Waals surface area contributed by atoms with Crippen molar-refractivity contribution in [3.05, 3.63) is 29.8 Å². The molecule has 2 rings (SSSR count). The van der Waals surface area contributed by atoms with Crippen LogP contribution in [0, 0.1) is 6.92 Å². The molecule has 1 aromatic carbocycles. The quantitative estimate of drug-likeness (QED) is 0.913. The SMILES string of the molecule is CC(=O)N1CCN(C(=O)CCNc2cccc(C)c2)CC1. The summed E-state index contributed by atoms with van der Waals surface area (Å²) in [5.41, 5.74) is 2.25. The van der Waals surface area contributed by atoms with Crippen LogP contribution in [0.25, 0.3) is 0 Å². The molecule has 0 radical (unpaired) electrons. The molecule has 5 heteroatoms. The van der Waals surface area contributed by atoms with Gasteiger partial charge in [0.1, 0.15) is 0 Å². The average molecular weight is 289 g/mol. The summed E-state index contributed by atoms with van der Waals surface area (Å²) in [7, 11) is 0. The van der Waals surface area contributed by atoms with Crippen molar-refractivity contribution in [3.8, 4) is 0 Å². The third-order valence-electron chi connectivity index (χ3n) is 3.76. The molecule has 1 aromatic rings. The molecule has 21 heavy (non-hydrogen) atoms. The van der Waals surface area contributed by atoms with Gasteiger partial charge in [0.15, 0.2) is 0 Å². The molecule has 0 aromatic heterocycles. The Balaban J connectivity index is 1.72. The lowest BCUT2D eigenvalue weighted by molar-refractivity contribution is -0.138. The van der Waals surface area contributed by atoms with Crippen molar-refractivity contribution in [2.45, 2.75) is 20.3 Å². The summed E-state index contributed by atoms with van der Waals surface area (Å²) in [5, 5.41) is 3.27. The van der Waals surface area contributed by atoms with Crippen molar-refractivity contribution in [1.29, 1.82) is 0 Å². The van der Waals surface area contributed by atoms with Gasteiger partial charge in [0.2, 0.25) is 11.8 Å². The molecule has 114 valence electrons. The third kappa shape index (κ3) is 4.48. The molecule has 0 spiro atoms. The highest BCUT2D eigenvalue weighted by Crippen LogP contribution is 2.10. The number of piperazine rings is 1. The van der Waals surface area contributed by atoms with E-state index in [9.17, 15) is 9.59 Å². The van der Waals surface area contributed by atoms with Gasteiger partial charge in [-0.05, 0) is 24.6 Å². The third-order valence-corrected chi connectivity index (χ3v) is 3.76. The number of carbonyl (C=O) groups is 2. The molecule has 0 aliphatic carbocycles. The van der Waals surface area contributed by atoms with Crippen molar-refractivity contribution in [3.63, 3.8) is 0 Å². The number of anilines is 1. The van der Waals surface area contributed by atoms with Crippen LogP contribution in [-0.4, -0.2) is 54.3 Å². The van der Waals surface area contributed by atoms with Gasteiger partial charge in [-0.15, -0.1) is 0 Å². The summed E-state index contributed by atoms with van der Waals surface area (Å²) in [6, 6.07) is 8.12. The lowest BCUT2D eigenvalue weighted by Crippen LogP contribution is -2.50. The van der Waals surface area contributed by atoms with Gasteiger partial charge in [-0.2, -0.15) is 0 Å². The van der Waals surface area contributed by atoms with E-state index < -0.39 is 0 Å². The van der Waals surface area contributed by atoms with Gasteiger partial charge >= 0.3 is 0 Å². The summed E-state index contributed by atoms with van der Waals surface area (Å²) in [4.78, 5) is 27.0. The van der Waals surface area contributed by atoms with E-state index in [1.807, 2.05) is 30.0 Å². The normalized spacial score (nSPS) is 15.0. The molecular weight excluding hydrogens is 266 g/mol. The summed E-state index contributed by atoms with van der Waals surface area (Å²) in [6.45, 7) is 6.83. The molecule has 0 atom stereocenters. The predicted octanol–water partition coefficient (Wildman–Crippen LogP) is 1.49. The molecule has 1 aliphatic rings. The first-order chi connectivity index (χ1) is 10.1. The molecular formula is C16H23N3O2. The van der Waals surface area contributed by atoms with Crippen LogP contribution >= 0.6 is 0 Å². The Bertz CT molecular complexity index is 508. The van der Waals surface area contributed by atoms with Crippen LogP contribution in [0.5, 0.6) is 0 Å². The van der Waals surface area contributed by atoms with Crippen LogP contribution in [0.15, 0.2) is 24.3 Å². The minimum Gasteiger partial charge on any atom is -0.385 e. The van der Waals surface area contributed by atoms with Crippen molar-refractivity contribution in [2.75, 3.05) is 38.0 Å². The maximum absolute atomic E-state index is 12.1. The van der Waals surface area contributed by atoms with E-state index in [-0.39, 0.29) is 11.8 Å². The smallest absolute Gasteiger partial charge is 0.224 e. The van der Waals surface area contributed by atoms with E-state index in [1.165, 1.54) is 5.56 Å². The van der Waals surface area contributed by atoms with Crippen molar-refractivity contribution in [2.24, 2.45) is 0 Å². The van der Waals surface area contributed by atoms with Crippen LogP contribution in [0.4, 0.5) is 5.69 Å². The highest BCUT2D eigenvalue weighted by Gasteiger charge is 2.21. The molecule has 1 fully saturated rings.